The van der Waals surface area contributed by atoms with Crippen molar-refractivity contribution in [3.63, 3.8) is 0 Å². The average Bonchev–Trinajstić information content (AvgIpc) is 3.31. The minimum atomic E-state index is -0.859. The first kappa shape index (κ1) is 19.4. The maximum atomic E-state index is 12.8. The number of benzene rings is 1. The predicted molar refractivity (Wildman–Crippen MR) is 112 cm³/mol. The van der Waals surface area contributed by atoms with Gasteiger partial charge in [-0.3, -0.25) is 14.4 Å². The minimum absolute atomic E-state index is 0.107. The monoisotopic (exact) mass is 422 g/mol. The van der Waals surface area contributed by atoms with Crippen LogP contribution in [-0.2, 0) is 24.9 Å². The number of pyridine rings is 1. The molecule has 2 amide bonds. The highest BCUT2D eigenvalue weighted by atomic mass is 16.5. The first-order valence-corrected chi connectivity index (χ1v) is 10.1. The van der Waals surface area contributed by atoms with Gasteiger partial charge in [0.05, 0.1) is 19.2 Å². The molecule has 2 aliphatic heterocycles. The molecule has 2 aromatic heterocycles. The number of carbonyl (C=O) groups excluding carboxylic acids is 2. The van der Waals surface area contributed by atoms with Gasteiger partial charge in [0.15, 0.2) is 17.7 Å². The Labute approximate surface area is 177 Å². The molecule has 2 aliphatic rings. The normalized spacial score (nSPS) is 20.1. The summed E-state index contributed by atoms with van der Waals surface area (Å²) in [4.78, 5) is 39.7. The summed E-state index contributed by atoms with van der Waals surface area (Å²) in [7, 11) is 1.96. The minimum Gasteiger partial charge on any atom is -0.503 e. The summed E-state index contributed by atoms with van der Waals surface area (Å²) in [6.07, 6.45) is 2.81. The smallest absolute Gasteiger partial charge is 0.276 e. The molecule has 4 heterocycles. The Morgan fingerprint density at radius 1 is 1.29 bits per heavy atom. The lowest BCUT2D eigenvalue weighted by Crippen LogP contribution is -2.49. The van der Waals surface area contributed by atoms with Crippen molar-refractivity contribution >= 4 is 22.7 Å². The molecule has 1 fully saturated rings. The van der Waals surface area contributed by atoms with Gasteiger partial charge in [0.25, 0.3) is 11.8 Å². The molecule has 2 atom stereocenters. The van der Waals surface area contributed by atoms with Crippen molar-refractivity contribution in [1.82, 2.24) is 19.4 Å². The maximum absolute atomic E-state index is 12.8. The molecule has 0 spiro atoms. The van der Waals surface area contributed by atoms with Crippen molar-refractivity contribution in [2.45, 2.75) is 32.3 Å². The summed E-state index contributed by atoms with van der Waals surface area (Å²) < 4.78 is 9.07. The van der Waals surface area contributed by atoms with Crippen LogP contribution in [0.3, 0.4) is 0 Å². The van der Waals surface area contributed by atoms with Gasteiger partial charge >= 0.3 is 0 Å². The van der Waals surface area contributed by atoms with E-state index in [1.54, 1.807) is 0 Å². The van der Waals surface area contributed by atoms with Crippen LogP contribution >= 0.6 is 0 Å². The molecule has 0 bridgehead atoms. The standard InChI is InChI=1S/C22H22N4O5/c1-12-11-31-17-10-25-9-15(19(27)20(28)18(25)22(30)26(12)17)21(29)23-8-13-3-4-16-14(7-13)5-6-24(16)2/h3-7,9,12,17,28H,8,10-11H2,1-2H3,(H,23,29)/t12-,17+/m0/s1. The Morgan fingerprint density at radius 3 is 2.90 bits per heavy atom. The Bertz CT molecular complexity index is 1290. The number of amides is 2. The van der Waals surface area contributed by atoms with Gasteiger partial charge in [0, 0.05) is 31.5 Å². The average molecular weight is 422 g/mol. The predicted octanol–water partition coefficient (Wildman–Crippen LogP) is 1.18. The van der Waals surface area contributed by atoms with Gasteiger partial charge < -0.3 is 29.2 Å². The van der Waals surface area contributed by atoms with E-state index in [4.69, 9.17) is 4.74 Å². The fraction of sp³-hybridized carbons (Fsp3) is 0.318. The van der Waals surface area contributed by atoms with E-state index < -0.39 is 29.2 Å². The van der Waals surface area contributed by atoms with Gasteiger partial charge in [-0.25, -0.2) is 0 Å². The third kappa shape index (κ3) is 3.00. The highest BCUT2D eigenvalue weighted by Gasteiger charge is 2.42. The van der Waals surface area contributed by atoms with Crippen LogP contribution in [0, 0.1) is 0 Å². The van der Waals surface area contributed by atoms with Crippen molar-refractivity contribution < 1.29 is 19.4 Å². The van der Waals surface area contributed by atoms with Crippen molar-refractivity contribution in [3.8, 4) is 5.75 Å². The lowest BCUT2D eigenvalue weighted by Gasteiger charge is -2.33. The number of aromatic hydroxyl groups is 1. The molecule has 9 nitrogen and oxygen atoms in total. The summed E-state index contributed by atoms with van der Waals surface area (Å²) in [5, 5.41) is 14.2. The second-order valence-electron chi connectivity index (χ2n) is 8.07. The fourth-order valence-electron chi connectivity index (χ4n) is 4.36. The molecule has 0 saturated carbocycles. The molecule has 1 aromatic carbocycles. The molecule has 5 rings (SSSR count). The zero-order chi connectivity index (χ0) is 21.9. The molecule has 2 N–H and O–H groups in total. The molecule has 1 saturated heterocycles. The fourth-order valence-corrected chi connectivity index (χ4v) is 4.36. The van der Waals surface area contributed by atoms with Crippen LogP contribution in [0.1, 0.15) is 33.3 Å². The highest BCUT2D eigenvalue weighted by molar-refractivity contribution is 5.99. The first-order chi connectivity index (χ1) is 14.8. The summed E-state index contributed by atoms with van der Waals surface area (Å²) in [5.41, 5.74) is 0.782. The number of carbonyl (C=O) groups is 2. The Balaban J connectivity index is 1.41. The number of aryl methyl sites for hydroxylation is 1. The van der Waals surface area contributed by atoms with Crippen molar-refractivity contribution in [3.05, 3.63) is 63.7 Å². The summed E-state index contributed by atoms with van der Waals surface area (Å²) in [6, 6.07) is 7.69. The molecule has 31 heavy (non-hydrogen) atoms. The number of hydrogen-bond donors (Lipinski definition) is 2. The summed E-state index contributed by atoms with van der Waals surface area (Å²) in [5.74, 6) is -1.79. The number of fused-ring (bicyclic) bond motifs is 3. The van der Waals surface area contributed by atoms with Gasteiger partial charge in [0.1, 0.15) is 5.56 Å². The lowest BCUT2D eigenvalue weighted by atomic mass is 10.1. The van der Waals surface area contributed by atoms with Crippen LogP contribution < -0.4 is 10.7 Å². The summed E-state index contributed by atoms with van der Waals surface area (Å²) in [6.45, 7) is 2.69. The molecule has 0 radical (unpaired) electrons. The van der Waals surface area contributed by atoms with E-state index in [0.717, 1.165) is 16.5 Å². The Morgan fingerprint density at radius 2 is 2.10 bits per heavy atom. The number of aromatic nitrogens is 2. The number of nitrogens with zero attached hydrogens (tertiary/aromatic N) is 3. The van der Waals surface area contributed by atoms with Gasteiger partial charge in [-0.05, 0) is 36.1 Å². The SMILES string of the molecule is C[C@H]1CO[C@@H]2Cn3cc(C(=O)NCc4ccc5c(ccn5C)c4)c(=O)c(O)c3C(=O)N12. The van der Waals surface area contributed by atoms with Gasteiger partial charge in [-0.2, -0.15) is 0 Å². The van der Waals surface area contributed by atoms with Crippen LogP contribution in [0.5, 0.6) is 5.75 Å². The van der Waals surface area contributed by atoms with Gasteiger partial charge in [0.2, 0.25) is 5.43 Å². The van der Waals surface area contributed by atoms with E-state index in [1.807, 2.05) is 49.0 Å². The third-order valence-corrected chi connectivity index (χ3v) is 6.01. The van der Waals surface area contributed by atoms with Crippen molar-refractivity contribution in [2.24, 2.45) is 7.05 Å². The van der Waals surface area contributed by atoms with E-state index in [9.17, 15) is 19.5 Å². The number of ether oxygens (including phenoxy) is 1. The Kier molecular flexibility index (Phi) is 4.37. The topological polar surface area (TPSA) is 106 Å². The van der Waals surface area contributed by atoms with Crippen molar-refractivity contribution in [2.75, 3.05) is 6.61 Å². The van der Waals surface area contributed by atoms with Crippen LogP contribution in [-0.4, -0.2) is 49.8 Å². The molecule has 3 aromatic rings. The highest BCUT2D eigenvalue weighted by Crippen LogP contribution is 2.29. The molecule has 0 unspecified atom stereocenters. The third-order valence-electron chi connectivity index (χ3n) is 6.01. The quantitative estimate of drug-likeness (QED) is 0.659. The van der Waals surface area contributed by atoms with Crippen LogP contribution in [0.25, 0.3) is 10.9 Å². The van der Waals surface area contributed by atoms with Crippen LogP contribution in [0.15, 0.2) is 41.5 Å². The molecule has 160 valence electrons. The second kappa shape index (κ2) is 6.98. The number of rotatable bonds is 3. The summed E-state index contributed by atoms with van der Waals surface area (Å²) >= 11 is 0. The zero-order valence-electron chi connectivity index (χ0n) is 17.2. The largest absolute Gasteiger partial charge is 0.503 e. The first-order valence-electron chi connectivity index (χ1n) is 10.1. The van der Waals surface area contributed by atoms with Crippen LogP contribution in [0.2, 0.25) is 0 Å². The van der Waals surface area contributed by atoms with Crippen molar-refractivity contribution in [1.29, 1.82) is 0 Å². The zero-order valence-corrected chi connectivity index (χ0v) is 17.2. The number of hydrogen-bond acceptors (Lipinski definition) is 5. The van der Waals surface area contributed by atoms with E-state index in [0.29, 0.717) is 6.61 Å². The molecular weight excluding hydrogens is 400 g/mol. The van der Waals surface area contributed by atoms with E-state index in [2.05, 4.69) is 5.32 Å². The molecule has 0 aliphatic carbocycles. The van der Waals surface area contributed by atoms with E-state index in [1.165, 1.54) is 15.7 Å². The molecule has 9 heteroatoms. The van der Waals surface area contributed by atoms with E-state index >= 15 is 0 Å². The lowest BCUT2D eigenvalue weighted by molar-refractivity contribution is 0.00624. The van der Waals surface area contributed by atoms with Crippen LogP contribution in [0.4, 0.5) is 0 Å². The second-order valence-corrected chi connectivity index (χ2v) is 8.07. The number of nitrogens with one attached hydrogen (secondary N) is 1. The molecular formula is C22H22N4O5. The maximum Gasteiger partial charge on any atom is 0.276 e. The Hall–Kier alpha value is -3.59. The van der Waals surface area contributed by atoms with Gasteiger partial charge in [-0.15, -0.1) is 0 Å². The van der Waals surface area contributed by atoms with E-state index in [-0.39, 0.29) is 30.4 Å². The van der Waals surface area contributed by atoms with Gasteiger partial charge in [-0.1, -0.05) is 6.07 Å².